The largest absolute Gasteiger partial charge is 0.497 e. The van der Waals surface area contributed by atoms with Crippen molar-refractivity contribution in [3.63, 3.8) is 0 Å². The minimum Gasteiger partial charge on any atom is -0.497 e. The van der Waals surface area contributed by atoms with E-state index in [1.54, 1.807) is 13.3 Å². The molecule has 0 fully saturated rings. The maximum Gasteiger partial charge on any atom is 0.118 e. The molecular formula is C12H15NOSi. The molecule has 0 amide bonds. The number of aliphatic imine (C=N–C) groups is 1. The fourth-order valence-corrected chi connectivity index (χ4v) is 2.45. The number of nitrogens with zero attached hydrogens (tertiary/aromatic N) is 1. The molecule has 0 spiro atoms. The normalized spacial score (nSPS) is 13.1. The Balaban J connectivity index is 2.84. The molecule has 1 rings (SSSR count). The molecule has 0 N–H and O–H groups in total. The van der Waals surface area contributed by atoms with Gasteiger partial charge in [0.05, 0.1) is 28.5 Å². The number of methoxy groups -OCH3 is 1. The van der Waals surface area contributed by atoms with Gasteiger partial charge in [-0.25, -0.2) is 0 Å². The standard InChI is InChI=1S/C12H15NOSi/c1-4-9-13-12(15-3)10-5-7-11(14-2)8-6-10/h1,5-9,12H,15H2,2-3H3. The minimum absolute atomic E-state index is 0.243. The van der Waals surface area contributed by atoms with Crippen molar-refractivity contribution < 1.29 is 4.74 Å². The Bertz CT molecular complexity index is 364. The lowest BCUT2D eigenvalue weighted by Crippen LogP contribution is -2.02. The maximum absolute atomic E-state index is 5.15. The molecule has 0 aliphatic carbocycles. The first-order valence-electron chi connectivity index (χ1n) is 4.93. The molecule has 1 aromatic carbocycles. The van der Waals surface area contributed by atoms with Crippen molar-refractivity contribution in [3.05, 3.63) is 29.8 Å². The van der Waals surface area contributed by atoms with E-state index in [0.717, 1.165) is 5.75 Å². The van der Waals surface area contributed by atoms with Crippen LogP contribution in [0.3, 0.4) is 0 Å². The Kier molecular flexibility index (Phi) is 4.65. The Morgan fingerprint density at radius 2 is 2.13 bits per heavy atom. The van der Waals surface area contributed by atoms with Crippen LogP contribution in [-0.2, 0) is 0 Å². The second-order valence-electron chi connectivity index (χ2n) is 3.14. The van der Waals surface area contributed by atoms with Crippen LogP contribution in [0.2, 0.25) is 6.55 Å². The molecule has 0 saturated carbocycles. The third kappa shape index (κ3) is 3.26. The molecule has 1 unspecified atom stereocenters. The number of terminal acetylenes is 1. The van der Waals surface area contributed by atoms with Crippen molar-refractivity contribution in [3.8, 4) is 18.1 Å². The zero-order valence-corrected chi connectivity index (χ0v) is 10.5. The first-order chi connectivity index (χ1) is 7.31. The average Bonchev–Trinajstić information content (AvgIpc) is 2.31. The molecule has 1 aromatic rings. The summed E-state index contributed by atoms with van der Waals surface area (Å²) in [6, 6.07) is 8.01. The van der Waals surface area contributed by atoms with Gasteiger partial charge >= 0.3 is 0 Å². The maximum atomic E-state index is 5.15. The van der Waals surface area contributed by atoms with Crippen LogP contribution in [0.1, 0.15) is 11.2 Å². The smallest absolute Gasteiger partial charge is 0.118 e. The van der Waals surface area contributed by atoms with E-state index < -0.39 is 0 Å². The molecule has 0 saturated heterocycles. The lowest BCUT2D eigenvalue weighted by atomic mass is 10.2. The molecule has 0 aliphatic heterocycles. The Labute approximate surface area is 93.2 Å². The molecule has 3 heteroatoms. The van der Waals surface area contributed by atoms with Crippen LogP contribution in [0.4, 0.5) is 0 Å². The highest BCUT2D eigenvalue weighted by molar-refractivity contribution is 6.36. The fraction of sp³-hybridized carbons (Fsp3) is 0.250. The molecule has 2 nitrogen and oxygen atoms in total. The molecular weight excluding hydrogens is 202 g/mol. The summed E-state index contributed by atoms with van der Waals surface area (Å²) in [5.74, 6) is 3.30. The summed E-state index contributed by atoms with van der Waals surface area (Å²) >= 11 is 0. The van der Waals surface area contributed by atoms with Crippen LogP contribution in [0.15, 0.2) is 29.3 Å². The zero-order valence-electron chi connectivity index (χ0n) is 9.10. The quantitative estimate of drug-likeness (QED) is 0.426. The Morgan fingerprint density at radius 1 is 1.47 bits per heavy atom. The molecule has 0 bridgehead atoms. The SMILES string of the molecule is C#CC=NC([SiH2]C)c1ccc(OC)cc1. The van der Waals surface area contributed by atoms with Crippen molar-refractivity contribution in [2.75, 3.05) is 7.11 Å². The summed E-state index contributed by atoms with van der Waals surface area (Å²) in [5.41, 5.74) is 1.50. The highest BCUT2D eigenvalue weighted by Crippen LogP contribution is 2.19. The van der Waals surface area contributed by atoms with Crippen molar-refractivity contribution >= 4 is 15.7 Å². The number of hydrogen-bond acceptors (Lipinski definition) is 2. The summed E-state index contributed by atoms with van der Waals surface area (Å²) in [5, 5.41) is 0. The molecule has 0 aliphatic rings. The summed E-state index contributed by atoms with van der Waals surface area (Å²) < 4.78 is 5.10. The van der Waals surface area contributed by atoms with E-state index in [4.69, 9.17) is 11.2 Å². The van der Waals surface area contributed by atoms with Crippen molar-refractivity contribution in [2.24, 2.45) is 4.99 Å². The van der Waals surface area contributed by atoms with Crippen LogP contribution < -0.4 is 4.74 Å². The van der Waals surface area contributed by atoms with E-state index in [1.165, 1.54) is 5.56 Å². The van der Waals surface area contributed by atoms with Gasteiger partial charge in [-0.3, -0.25) is 4.99 Å². The predicted molar refractivity (Wildman–Crippen MR) is 67.5 cm³/mol. The third-order valence-corrected chi connectivity index (χ3v) is 3.67. The lowest BCUT2D eigenvalue weighted by Gasteiger charge is -2.09. The summed E-state index contributed by atoms with van der Waals surface area (Å²) in [6.45, 7) is 2.22. The van der Waals surface area contributed by atoms with Crippen LogP contribution in [-0.4, -0.2) is 22.8 Å². The number of ether oxygens (including phenoxy) is 1. The van der Waals surface area contributed by atoms with E-state index in [1.807, 2.05) is 24.3 Å². The van der Waals surface area contributed by atoms with E-state index in [9.17, 15) is 0 Å². The lowest BCUT2D eigenvalue weighted by molar-refractivity contribution is 0.414. The van der Waals surface area contributed by atoms with Crippen LogP contribution >= 0.6 is 0 Å². The van der Waals surface area contributed by atoms with Gasteiger partial charge in [-0.2, -0.15) is 0 Å². The number of benzene rings is 1. The van der Waals surface area contributed by atoms with Gasteiger partial charge in [0.2, 0.25) is 0 Å². The van der Waals surface area contributed by atoms with Crippen LogP contribution in [0, 0.1) is 12.3 Å². The first kappa shape index (κ1) is 11.5. The topological polar surface area (TPSA) is 21.6 Å². The van der Waals surface area contributed by atoms with Gasteiger partial charge in [0, 0.05) is 0 Å². The van der Waals surface area contributed by atoms with E-state index >= 15 is 0 Å². The first-order valence-corrected chi connectivity index (χ1v) is 7.16. The van der Waals surface area contributed by atoms with Gasteiger partial charge in [-0.15, -0.1) is 6.42 Å². The van der Waals surface area contributed by atoms with Gasteiger partial charge in [-0.05, 0) is 17.7 Å². The summed E-state index contributed by atoms with van der Waals surface area (Å²) in [6.07, 6.45) is 6.70. The van der Waals surface area contributed by atoms with Crippen molar-refractivity contribution in [1.29, 1.82) is 0 Å². The molecule has 0 aromatic heterocycles. The Hall–Kier alpha value is -1.53. The third-order valence-electron chi connectivity index (χ3n) is 2.22. The van der Waals surface area contributed by atoms with Crippen LogP contribution in [0.5, 0.6) is 5.75 Å². The number of hydrogen-bond donors (Lipinski definition) is 0. The Morgan fingerprint density at radius 3 is 2.60 bits per heavy atom. The highest BCUT2D eigenvalue weighted by Gasteiger charge is 2.06. The zero-order chi connectivity index (χ0) is 11.1. The number of rotatable bonds is 4. The van der Waals surface area contributed by atoms with Crippen LogP contribution in [0.25, 0.3) is 0 Å². The van der Waals surface area contributed by atoms with Crippen molar-refractivity contribution in [2.45, 2.75) is 12.2 Å². The monoisotopic (exact) mass is 217 g/mol. The summed E-state index contributed by atoms with van der Waals surface area (Å²) in [7, 11) is 1.42. The van der Waals surface area contributed by atoms with E-state index in [2.05, 4.69) is 17.5 Å². The molecule has 1 atom stereocenters. The molecule has 15 heavy (non-hydrogen) atoms. The van der Waals surface area contributed by atoms with E-state index in [0.29, 0.717) is 0 Å². The van der Waals surface area contributed by atoms with E-state index in [-0.39, 0.29) is 15.2 Å². The van der Waals surface area contributed by atoms with Gasteiger partial charge in [-0.1, -0.05) is 24.6 Å². The molecule has 0 radical (unpaired) electrons. The average molecular weight is 217 g/mol. The van der Waals surface area contributed by atoms with Gasteiger partial charge in [0.25, 0.3) is 0 Å². The highest BCUT2D eigenvalue weighted by atomic mass is 28.2. The van der Waals surface area contributed by atoms with Gasteiger partial charge in [0.1, 0.15) is 5.75 Å². The van der Waals surface area contributed by atoms with Crippen molar-refractivity contribution in [1.82, 2.24) is 0 Å². The second-order valence-corrected chi connectivity index (χ2v) is 4.73. The summed E-state index contributed by atoms with van der Waals surface area (Å²) in [4.78, 5) is 4.35. The van der Waals surface area contributed by atoms with Gasteiger partial charge < -0.3 is 4.74 Å². The molecule has 0 heterocycles. The fourth-order valence-electron chi connectivity index (χ4n) is 1.39. The predicted octanol–water partition coefficient (Wildman–Crippen LogP) is 1.61. The second kappa shape index (κ2) is 6.05. The minimum atomic E-state index is -0.243. The van der Waals surface area contributed by atoms with Gasteiger partial charge in [0.15, 0.2) is 0 Å². The molecule has 78 valence electrons.